The van der Waals surface area contributed by atoms with Crippen LogP contribution in [-0.4, -0.2) is 17.3 Å². The molecule has 0 saturated heterocycles. The SMILES string of the molecule is C[C@@H](Oc1cc(C(N)C2CC2)ccn1)C(F)(F)F. The van der Waals surface area contributed by atoms with Crippen LogP contribution in [0, 0.1) is 5.92 Å². The van der Waals surface area contributed by atoms with E-state index in [-0.39, 0.29) is 11.9 Å². The molecule has 6 heteroatoms. The highest BCUT2D eigenvalue weighted by Crippen LogP contribution is 2.39. The van der Waals surface area contributed by atoms with Crippen molar-refractivity contribution in [1.29, 1.82) is 0 Å². The molecule has 0 spiro atoms. The van der Waals surface area contributed by atoms with Gasteiger partial charge in [0.2, 0.25) is 5.88 Å². The van der Waals surface area contributed by atoms with Gasteiger partial charge in [-0.2, -0.15) is 13.2 Å². The molecule has 2 rings (SSSR count). The maximum atomic E-state index is 12.4. The van der Waals surface area contributed by atoms with E-state index >= 15 is 0 Å². The smallest absolute Gasteiger partial charge is 0.425 e. The minimum absolute atomic E-state index is 0.0339. The Morgan fingerprint density at radius 2 is 2.11 bits per heavy atom. The Hall–Kier alpha value is -1.30. The fraction of sp³-hybridized carbons (Fsp3) is 0.583. The Kier molecular flexibility index (Phi) is 3.47. The molecule has 100 valence electrons. The first kappa shape index (κ1) is 13.1. The third-order valence-electron chi connectivity index (χ3n) is 3.03. The summed E-state index contributed by atoms with van der Waals surface area (Å²) in [6.07, 6.45) is -2.71. The number of rotatable bonds is 4. The van der Waals surface area contributed by atoms with E-state index in [0.717, 1.165) is 25.3 Å². The third kappa shape index (κ3) is 3.13. The number of ether oxygens (including phenoxy) is 1. The Labute approximate surface area is 103 Å². The standard InChI is InChI=1S/C12H15F3N2O/c1-7(12(13,14)15)18-10-6-9(4-5-17-10)11(16)8-2-3-8/h4-8,11H,2-3,16H2,1H3/t7-,11?/m1/s1. The predicted molar refractivity (Wildman–Crippen MR) is 60.0 cm³/mol. The van der Waals surface area contributed by atoms with E-state index in [9.17, 15) is 13.2 Å². The zero-order valence-electron chi connectivity index (χ0n) is 9.95. The molecule has 0 amide bonds. The maximum absolute atomic E-state index is 12.4. The van der Waals surface area contributed by atoms with E-state index < -0.39 is 12.3 Å². The molecule has 1 fully saturated rings. The van der Waals surface area contributed by atoms with Crippen molar-refractivity contribution in [2.24, 2.45) is 11.7 Å². The molecular formula is C12H15F3N2O. The van der Waals surface area contributed by atoms with Gasteiger partial charge in [-0.25, -0.2) is 4.98 Å². The van der Waals surface area contributed by atoms with Crippen LogP contribution in [0.3, 0.4) is 0 Å². The normalized spacial score (nSPS) is 19.4. The number of nitrogens with two attached hydrogens (primary N) is 1. The molecular weight excluding hydrogens is 245 g/mol. The summed E-state index contributed by atoms with van der Waals surface area (Å²) in [7, 11) is 0. The summed E-state index contributed by atoms with van der Waals surface area (Å²) in [4.78, 5) is 3.78. The van der Waals surface area contributed by atoms with Crippen LogP contribution in [0.5, 0.6) is 5.88 Å². The molecule has 18 heavy (non-hydrogen) atoms. The van der Waals surface area contributed by atoms with Gasteiger partial charge in [0.25, 0.3) is 0 Å². The summed E-state index contributed by atoms with van der Waals surface area (Å²) in [5, 5.41) is 0. The highest BCUT2D eigenvalue weighted by molar-refractivity contribution is 5.25. The lowest BCUT2D eigenvalue weighted by atomic mass is 10.1. The van der Waals surface area contributed by atoms with Gasteiger partial charge in [-0.3, -0.25) is 0 Å². The molecule has 1 heterocycles. The number of hydrogen-bond acceptors (Lipinski definition) is 3. The van der Waals surface area contributed by atoms with E-state index in [1.165, 1.54) is 12.3 Å². The maximum Gasteiger partial charge on any atom is 0.425 e. The molecule has 1 aliphatic rings. The fourth-order valence-electron chi connectivity index (χ4n) is 1.67. The molecule has 0 radical (unpaired) electrons. The molecule has 1 aromatic heterocycles. The predicted octanol–water partition coefficient (Wildman–Crippen LogP) is 2.82. The fourth-order valence-corrected chi connectivity index (χ4v) is 1.67. The lowest BCUT2D eigenvalue weighted by molar-refractivity contribution is -0.190. The van der Waals surface area contributed by atoms with Gasteiger partial charge in [0.05, 0.1) is 0 Å². The van der Waals surface area contributed by atoms with Crippen LogP contribution in [0.25, 0.3) is 0 Å². The van der Waals surface area contributed by atoms with Crippen LogP contribution in [0.4, 0.5) is 13.2 Å². The quantitative estimate of drug-likeness (QED) is 0.905. The zero-order valence-corrected chi connectivity index (χ0v) is 9.95. The molecule has 1 aromatic rings. The van der Waals surface area contributed by atoms with E-state index in [1.54, 1.807) is 6.07 Å². The Balaban J connectivity index is 2.07. The average molecular weight is 260 g/mol. The summed E-state index contributed by atoms with van der Waals surface area (Å²) >= 11 is 0. The largest absolute Gasteiger partial charge is 0.465 e. The Morgan fingerprint density at radius 1 is 1.44 bits per heavy atom. The van der Waals surface area contributed by atoms with Crippen molar-refractivity contribution in [3.63, 3.8) is 0 Å². The summed E-state index contributed by atoms with van der Waals surface area (Å²) in [6.45, 7) is 0.954. The van der Waals surface area contributed by atoms with E-state index in [0.29, 0.717) is 5.92 Å². The molecule has 1 aliphatic carbocycles. The van der Waals surface area contributed by atoms with Gasteiger partial charge in [0.15, 0.2) is 6.10 Å². The number of alkyl halides is 3. The zero-order chi connectivity index (χ0) is 13.3. The topological polar surface area (TPSA) is 48.1 Å². The highest BCUT2D eigenvalue weighted by atomic mass is 19.4. The van der Waals surface area contributed by atoms with Gasteiger partial charge in [-0.05, 0) is 37.3 Å². The monoisotopic (exact) mass is 260 g/mol. The number of pyridine rings is 1. The van der Waals surface area contributed by atoms with Crippen molar-refractivity contribution in [2.75, 3.05) is 0 Å². The van der Waals surface area contributed by atoms with Crippen molar-refractivity contribution in [3.05, 3.63) is 23.9 Å². The first-order valence-corrected chi connectivity index (χ1v) is 5.83. The van der Waals surface area contributed by atoms with Crippen molar-refractivity contribution in [1.82, 2.24) is 4.98 Å². The van der Waals surface area contributed by atoms with Crippen LogP contribution in [0.15, 0.2) is 18.3 Å². The first-order valence-electron chi connectivity index (χ1n) is 5.83. The van der Waals surface area contributed by atoms with Crippen LogP contribution in [0.1, 0.15) is 31.4 Å². The lowest BCUT2D eigenvalue weighted by Crippen LogP contribution is -2.31. The van der Waals surface area contributed by atoms with Crippen LogP contribution >= 0.6 is 0 Å². The van der Waals surface area contributed by atoms with Crippen molar-refractivity contribution < 1.29 is 17.9 Å². The van der Waals surface area contributed by atoms with Gasteiger partial charge in [0.1, 0.15) is 0 Å². The van der Waals surface area contributed by atoms with Crippen molar-refractivity contribution in [3.8, 4) is 5.88 Å². The molecule has 1 saturated carbocycles. The van der Waals surface area contributed by atoms with Crippen molar-refractivity contribution >= 4 is 0 Å². The third-order valence-corrected chi connectivity index (χ3v) is 3.03. The van der Waals surface area contributed by atoms with Gasteiger partial charge >= 0.3 is 6.18 Å². The second kappa shape index (κ2) is 4.76. The average Bonchev–Trinajstić information content (AvgIpc) is 3.11. The molecule has 1 unspecified atom stereocenters. The summed E-state index contributed by atoms with van der Waals surface area (Å²) < 4.78 is 41.8. The van der Waals surface area contributed by atoms with Gasteiger partial charge in [-0.15, -0.1) is 0 Å². The summed E-state index contributed by atoms with van der Waals surface area (Å²) in [5.41, 5.74) is 6.76. The number of hydrogen-bond donors (Lipinski definition) is 1. The van der Waals surface area contributed by atoms with Gasteiger partial charge in [-0.1, -0.05) is 0 Å². The van der Waals surface area contributed by atoms with E-state index in [4.69, 9.17) is 10.5 Å². The van der Waals surface area contributed by atoms with Crippen LogP contribution in [-0.2, 0) is 0 Å². The molecule has 0 bridgehead atoms. The first-order chi connectivity index (χ1) is 8.38. The van der Waals surface area contributed by atoms with Gasteiger partial charge < -0.3 is 10.5 Å². The molecule has 0 aromatic carbocycles. The van der Waals surface area contributed by atoms with Crippen LogP contribution < -0.4 is 10.5 Å². The number of nitrogens with zero attached hydrogens (tertiary/aromatic N) is 1. The molecule has 2 atom stereocenters. The van der Waals surface area contributed by atoms with E-state index in [2.05, 4.69) is 4.98 Å². The lowest BCUT2D eigenvalue weighted by Gasteiger charge is -2.18. The molecule has 3 nitrogen and oxygen atoms in total. The second-order valence-electron chi connectivity index (χ2n) is 4.59. The minimum atomic E-state index is -4.39. The number of aromatic nitrogens is 1. The Morgan fingerprint density at radius 3 is 2.67 bits per heavy atom. The summed E-state index contributed by atoms with van der Waals surface area (Å²) in [5.74, 6) is 0.397. The van der Waals surface area contributed by atoms with Gasteiger partial charge in [0, 0.05) is 18.3 Å². The van der Waals surface area contributed by atoms with Crippen LogP contribution in [0.2, 0.25) is 0 Å². The Bertz CT molecular complexity index is 418. The molecule has 0 aliphatic heterocycles. The highest BCUT2D eigenvalue weighted by Gasteiger charge is 2.38. The minimum Gasteiger partial charge on any atom is -0.465 e. The second-order valence-corrected chi connectivity index (χ2v) is 4.59. The number of halogens is 3. The van der Waals surface area contributed by atoms with Crippen molar-refractivity contribution in [2.45, 2.75) is 38.1 Å². The van der Waals surface area contributed by atoms with E-state index in [1.807, 2.05) is 0 Å². The molecule has 2 N–H and O–H groups in total. The summed E-state index contributed by atoms with van der Waals surface area (Å²) in [6, 6.07) is 3.07.